The molecule has 2 aromatic rings. The van der Waals surface area contributed by atoms with Crippen LogP contribution in [0.15, 0.2) is 36.4 Å². The van der Waals surface area contributed by atoms with Gasteiger partial charge >= 0.3 is 0 Å². The first-order chi connectivity index (χ1) is 10.3. The third-order valence-corrected chi connectivity index (χ3v) is 4.31. The molecule has 0 saturated carbocycles. The summed E-state index contributed by atoms with van der Waals surface area (Å²) in [6, 6.07) is 11.7. The SMILES string of the molecule is NCC1CCN(c2ccc(-c3ccc(Cl)cc3)nn2)CC1. The largest absolute Gasteiger partial charge is 0.355 e. The lowest BCUT2D eigenvalue weighted by Gasteiger charge is -2.31. The number of anilines is 1. The molecule has 1 saturated heterocycles. The quantitative estimate of drug-likeness (QED) is 0.947. The number of halogens is 1. The normalized spacial score (nSPS) is 16.2. The molecule has 5 heteroatoms. The van der Waals surface area contributed by atoms with Crippen LogP contribution in [0.1, 0.15) is 12.8 Å². The van der Waals surface area contributed by atoms with Gasteiger partial charge in [0.15, 0.2) is 5.82 Å². The molecule has 1 aromatic carbocycles. The van der Waals surface area contributed by atoms with Gasteiger partial charge < -0.3 is 10.6 Å². The van der Waals surface area contributed by atoms with E-state index in [2.05, 4.69) is 15.1 Å². The topological polar surface area (TPSA) is 55.0 Å². The van der Waals surface area contributed by atoms with Crippen LogP contribution < -0.4 is 10.6 Å². The van der Waals surface area contributed by atoms with Crippen molar-refractivity contribution < 1.29 is 0 Å². The third-order valence-electron chi connectivity index (χ3n) is 4.06. The van der Waals surface area contributed by atoms with Crippen LogP contribution in [-0.2, 0) is 0 Å². The van der Waals surface area contributed by atoms with E-state index in [-0.39, 0.29) is 0 Å². The number of piperidine rings is 1. The van der Waals surface area contributed by atoms with Gasteiger partial charge in [0.05, 0.1) is 5.69 Å². The highest BCUT2D eigenvalue weighted by Gasteiger charge is 2.19. The van der Waals surface area contributed by atoms with Gasteiger partial charge in [-0.1, -0.05) is 23.7 Å². The van der Waals surface area contributed by atoms with Crippen molar-refractivity contribution in [1.82, 2.24) is 10.2 Å². The Morgan fingerprint density at radius 2 is 1.76 bits per heavy atom. The lowest BCUT2D eigenvalue weighted by Crippen LogP contribution is -2.36. The summed E-state index contributed by atoms with van der Waals surface area (Å²) in [5.74, 6) is 1.60. The second kappa shape index (κ2) is 6.41. The second-order valence-electron chi connectivity index (χ2n) is 5.45. The Hall–Kier alpha value is -1.65. The maximum Gasteiger partial charge on any atom is 0.151 e. The van der Waals surface area contributed by atoms with E-state index in [1.807, 2.05) is 36.4 Å². The fourth-order valence-electron chi connectivity index (χ4n) is 2.67. The molecule has 21 heavy (non-hydrogen) atoms. The number of hydrogen-bond donors (Lipinski definition) is 1. The number of nitrogens with zero attached hydrogens (tertiary/aromatic N) is 3. The summed E-state index contributed by atoms with van der Waals surface area (Å²) in [5, 5.41) is 9.43. The average Bonchev–Trinajstić information content (AvgIpc) is 2.56. The molecule has 1 aromatic heterocycles. The molecule has 3 rings (SSSR count). The van der Waals surface area contributed by atoms with Gasteiger partial charge in [-0.2, -0.15) is 0 Å². The minimum atomic E-state index is 0.655. The highest BCUT2D eigenvalue weighted by atomic mass is 35.5. The lowest BCUT2D eigenvalue weighted by atomic mass is 9.97. The Morgan fingerprint density at radius 3 is 2.33 bits per heavy atom. The molecule has 1 aliphatic rings. The smallest absolute Gasteiger partial charge is 0.151 e. The monoisotopic (exact) mass is 302 g/mol. The third kappa shape index (κ3) is 3.34. The highest BCUT2D eigenvalue weighted by molar-refractivity contribution is 6.30. The van der Waals surface area contributed by atoms with Gasteiger partial charge in [0.25, 0.3) is 0 Å². The lowest BCUT2D eigenvalue weighted by molar-refractivity contribution is 0.412. The molecule has 0 amide bonds. The fourth-order valence-corrected chi connectivity index (χ4v) is 2.79. The maximum absolute atomic E-state index is 5.90. The van der Waals surface area contributed by atoms with Gasteiger partial charge in [-0.25, -0.2) is 0 Å². The molecule has 2 heterocycles. The van der Waals surface area contributed by atoms with E-state index in [9.17, 15) is 0 Å². The van der Waals surface area contributed by atoms with Crippen molar-refractivity contribution in [3.8, 4) is 11.3 Å². The Kier molecular flexibility index (Phi) is 4.36. The van der Waals surface area contributed by atoms with Crippen molar-refractivity contribution in [2.24, 2.45) is 11.7 Å². The van der Waals surface area contributed by atoms with Crippen LogP contribution in [0.25, 0.3) is 11.3 Å². The zero-order valence-electron chi connectivity index (χ0n) is 11.9. The van der Waals surface area contributed by atoms with Crippen LogP contribution in [0.5, 0.6) is 0 Å². The van der Waals surface area contributed by atoms with Crippen LogP contribution in [0.4, 0.5) is 5.82 Å². The van der Waals surface area contributed by atoms with Gasteiger partial charge in [0, 0.05) is 23.7 Å². The minimum Gasteiger partial charge on any atom is -0.355 e. The summed E-state index contributed by atoms with van der Waals surface area (Å²) in [6.45, 7) is 2.81. The summed E-state index contributed by atoms with van der Waals surface area (Å²) in [5.41, 5.74) is 7.62. The van der Waals surface area contributed by atoms with E-state index < -0.39 is 0 Å². The van der Waals surface area contributed by atoms with Crippen LogP contribution in [0.2, 0.25) is 5.02 Å². The molecule has 4 nitrogen and oxygen atoms in total. The molecule has 110 valence electrons. The van der Waals surface area contributed by atoms with Gasteiger partial charge in [0.2, 0.25) is 0 Å². The maximum atomic E-state index is 5.90. The predicted molar refractivity (Wildman–Crippen MR) is 86.5 cm³/mol. The van der Waals surface area contributed by atoms with E-state index in [1.165, 1.54) is 0 Å². The van der Waals surface area contributed by atoms with Gasteiger partial charge in [-0.05, 0) is 49.6 Å². The summed E-state index contributed by atoms with van der Waals surface area (Å²) in [7, 11) is 0. The predicted octanol–water partition coefficient (Wildman–Crippen LogP) is 2.97. The number of benzene rings is 1. The van der Waals surface area contributed by atoms with Crippen LogP contribution in [-0.4, -0.2) is 29.8 Å². The zero-order valence-corrected chi connectivity index (χ0v) is 12.6. The van der Waals surface area contributed by atoms with Crippen molar-refractivity contribution in [1.29, 1.82) is 0 Å². The standard InChI is InChI=1S/C16H19ClN4/c17-14-3-1-13(2-4-14)15-5-6-16(20-19-15)21-9-7-12(11-18)8-10-21/h1-6,12H,7-11,18H2. The molecule has 1 aliphatic heterocycles. The second-order valence-corrected chi connectivity index (χ2v) is 5.89. The molecule has 0 radical (unpaired) electrons. The van der Waals surface area contributed by atoms with E-state index in [0.717, 1.165) is 54.6 Å². The molecule has 0 bridgehead atoms. The summed E-state index contributed by atoms with van der Waals surface area (Å²) >= 11 is 5.90. The van der Waals surface area contributed by atoms with E-state index in [1.54, 1.807) is 0 Å². The highest BCUT2D eigenvalue weighted by Crippen LogP contribution is 2.23. The fraction of sp³-hybridized carbons (Fsp3) is 0.375. The van der Waals surface area contributed by atoms with Crippen molar-refractivity contribution in [2.75, 3.05) is 24.5 Å². The Morgan fingerprint density at radius 1 is 1.05 bits per heavy atom. The average molecular weight is 303 g/mol. The van der Waals surface area contributed by atoms with Crippen molar-refractivity contribution in [2.45, 2.75) is 12.8 Å². The Labute approximate surface area is 129 Å². The van der Waals surface area contributed by atoms with Gasteiger partial charge in [-0.15, -0.1) is 10.2 Å². The van der Waals surface area contributed by atoms with Crippen LogP contribution in [0.3, 0.4) is 0 Å². The first-order valence-electron chi connectivity index (χ1n) is 7.31. The molecular weight excluding hydrogens is 284 g/mol. The molecule has 0 unspecified atom stereocenters. The van der Waals surface area contributed by atoms with E-state index in [4.69, 9.17) is 17.3 Å². The van der Waals surface area contributed by atoms with Crippen molar-refractivity contribution in [3.63, 3.8) is 0 Å². The molecule has 2 N–H and O–H groups in total. The molecule has 0 aliphatic carbocycles. The summed E-state index contributed by atoms with van der Waals surface area (Å²) < 4.78 is 0. The summed E-state index contributed by atoms with van der Waals surface area (Å²) in [6.07, 6.45) is 2.27. The molecule has 0 atom stereocenters. The molecule has 0 spiro atoms. The van der Waals surface area contributed by atoms with E-state index in [0.29, 0.717) is 5.92 Å². The van der Waals surface area contributed by atoms with E-state index >= 15 is 0 Å². The van der Waals surface area contributed by atoms with Crippen molar-refractivity contribution in [3.05, 3.63) is 41.4 Å². The van der Waals surface area contributed by atoms with Gasteiger partial charge in [0.1, 0.15) is 0 Å². The Balaban J connectivity index is 1.71. The summed E-state index contributed by atoms with van der Waals surface area (Å²) in [4.78, 5) is 2.28. The Bertz CT molecular complexity index is 574. The molecule has 1 fully saturated rings. The minimum absolute atomic E-state index is 0.655. The first-order valence-corrected chi connectivity index (χ1v) is 7.69. The van der Waals surface area contributed by atoms with Gasteiger partial charge in [-0.3, -0.25) is 0 Å². The van der Waals surface area contributed by atoms with Crippen LogP contribution >= 0.6 is 11.6 Å². The van der Waals surface area contributed by atoms with Crippen molar-refractivity contribution >= 4 is 17.4 Å². The number of nitrogens with two attached hydrogens (primary N) is 1. The number of rotatable bonds is 3. The first kappa shape index (κ1) is 14.3. The zero-order chi connectivity index (χ0) is 14.7. The number of hydrogen-bond acceptors (Lipinski definition) is 4. The van der Waals surface area contributed by atoms with Crippen LogP contribution in [0, 0.1) is 5.92 Å². The number of aromatic nitrogens is 2. The molecular formula is C16H19ClN4.